The molecule has 0 heterocycles. The summed E-state index contributed by atoms with van der Waals surface area (Å²) in [4.78, 5) is 14.1. The van der Waals surface area contributed by atoms with Gasteiger partial charge in [0.25, 0.3) is 0 Å². The summed E-state index contributed by atoms with van der Waals surface area (Å²) in [6, 6.07) is 1.26. The van der Waals surface area contributed by atoms with Gasteiger partial charge in [-0.05, 0) is 39.5 Å². The molecule has 0 saturated heterocycles. The van der Waals surface area contributed by atoms with Crippen molar-refractivity contribution in [3.8, 4) is 0 Å². The van der Waals surface area contributed by atoms with Crippen molar-refractivity contribution >= 4 is 5.97 Å². The highest BCUT2D eigenvalue weighted by Gasteiger charge is 2.36. The van der Waals surface area contributed by atoms with Gasteiger partial charge >= 0.3 is 5.97 Å². The number of aliphatic carboxylic acids is 1. The van der Waals surface area contributed by atoms with Gasteiger partial charge in [0, 0.05) is 18.6 Å². The van der Waals surface area contributed by atoms with Crippen LogP contribution in [0.15, 0.2) is 0 Å². The highest BCUT2D eigenvalue weighted by atomic mass is 16.4. The van der Waals surface area contributed by atoms with Gasteiger partial charge in [-0.2, -0.15) is 0 Å². The Morgan fingerprint density at radius 2 is 1.35 bits per heavy atom. The zero-order valence-electron chi connectivity index (χ0n) is 13.2. The maximum atomic E-state index is 11.5. The van der Waals surface area contributed by atoms with Crippen molar-refractivity contribution in [2.24, 2.45) is 5.41 Å². The zero-order chi connectivity index (χ0) is 14.6. The quantitative estimate of drug-likeness (QED) is 0.826. The molecule has 0 amide bonds. The fourth-order valence-corrected chi connectivity index (χ4v) is 3.91. The van der Waals surface area contributed by atoms with Gasteiger partial charge in [0.2, 0.25) is 0 Å². The van der Waals surface area contributed by atoms with Crippen LogP contribution in [-0.2, 0) is 4.79 Å². The third kappa shape index (κ3) is 3.97. The molecule has 20 heavy (non-hydrogen) atoms. The summed E-state index contributed by atoms with van der Waals surface area (Å²) < 4.78 is 0. The smallest absolute Gasteiger partial charge is 0.310 e. The third-order valence-electron chi connectivity index (χ3n) is 5.24. The highest BCUT2D eigenvalue weighted by Crippen LogP contribution is 2.32. The lowest BCUT2D eigenvalue weighted by molar-refractivity contribution is -0.149. The van der Waals surface area contributed by atoms with Crippen LogP contribution in [0.25, 0.3) is 0 Å². The van der Waals surface area contributed by atoms with Gasteiger partial charge in [-0.15, -0.1) is 0 Å². The second-order valence-corrected chi connectivity index (χ2v) is 7.45. The average Bonchev–Trinajstić information content (AvgIpc) is 2.46. The minimum atomic E-state index is -0.658. The molecule has 2 fully saturated rings. The molecular formula is C17H31NO2. The molecule has 3 nitrogen and oxygen atoms in total. The van der Waals surface area contributed by atoms with Crippen LogP contribution in [0.3, 0.4) is 0 Å². The van der Waals surface area contributed by atoms with E-state index in [4.69, 9.17) is 0 Å². The summed E-state index contributed by atoms with van der Waals surface area (Å²) in [5, 5.41) is 9.46. The number of carboxylic acid groups (broad SMARTS) is 1. The third-order valence-corrected chi connectivity index (χ3v) is 5.24. The number of hydrogen-bond donors (Lipinski definition) is 1. The van der Waals surface area contributed by atoms with Crippen molar-refractivity contribution in [3.63, 3.8) is 0 Å². The van der Waals surface area contributed by atoms with E-state index >= 15 is 0 Å². The SMILES string of the molecule is CC(C)(CN(C1CCCCC1)C1CCCCC1)C(=O)O. The van der Waals surface area contributed by atoms with Crippen LogP contribution in [0, 0.1) is 5.41 Å². The van der Waals surface area contributed by atoms with Crippen molar-refractivity contribution in [1.82, 2.24) is 4.90 Å². The molecule has 2 aliphatic rings. The summed E-state index contributed by atoms with van der Waals surface area (Å²) in [6.07, 6.45) is 13.1. The van der Waals surface area contributed by atoms with Crippen molar-refractivity contribution in [1.29, 1.82) is 0 Å². The molecule has 2 aliphatic carbocycles. The Labute approximate surface area is 123 Å². The predicted molar refractivity (Wildman–Crippen MR) is 81.9 cm³/mol. The molecule has 1 N–H and O–H groups in total. The molecule has 0 spiro atoms. The van der Waals surface area contributed by atoms with Crippen LogP contribution >= 0.6 is 0 Å². The first-order valence-electron chi connectivity index (χ1n) is 8.50. The molecule has 0 radical (unpaired) electrons. The molecule has 2 rings (SSSR count). The first kappa shape index (κ1) is 15.8. The maximum Gasteiger partial charge on any atom is 0.310 e. The van der Waals surface area contributed by atoms with Crippen LogP contribution in [0.1, 0.15) is 78.1 Å². The van der Waals surface area contributed by atoms with Crippen molar-refractivity contribution in [2.45, 2.75) is 90.1 Å². The van der Waals surface area contributed by atoms with E-state index in [-0.39, 0.29) is 0 Å². The molecule has 0 bridgehead atoms. The summed E-state index contributed by atoms with van der Waals surface area (Å²) in [7, 11) is 0. The molecule has 0 aliphatic heterocycles. The van der Waals surface area contributed by atoms with E-state index in [9.17, 15) is 9.90 Å². The van der Waals surface area contributed by atoms with E-state index in [0.717, 1.165) is 6.54 Å². The van der Waals surface area contributed by atoms with Gasteiger partial charge in [0.1, 0.15) is 0 Å². The molecule has 0 aromatic heterocycles. The van der Waals surface area contributed by atoms with Crippen molar-refractivity contribution in [2.75, 3.05) is 6.54 Å². The Bertz CT molecular complexity index is 297. The van der Waals surface area contributed by atoms with Crippen LogP contribution in [-0.4, -0.2) is 34.6 Å². The van der Waals surface area contributed by atoms with Crippen molar-refractivity contribution < 1.29 is 9.90 Å². The lowest BCUT2D eigenvalue weighted by Gasteiger charge is -2.44. The van der Waals surface area contributed by atoms with E-state index in [2.05, 4.69) is 4.90 Å². The second kappa shape index (κ2) is 6.93. The summed E-state index contributed by atoms with van der Waals surface area (Å²) in [5.74, 6) is -0.658. The van der Waals surface area contributed by atoms with E-state index in [1.807, 2.05) is 13.8 Å². The first-order chi connectivity index (χ1) is 9.50. The number of hydrogen-bond acceptors (Lipinski definition) is 2. The minimum absolute atomic E-state index is 0.630. The van der Waals surface area contributed by atoms with E-state index in [1.165, 1.54) is 64.2 Å². The molecule has 0 aromatic rings. The number of nitrogens with zero attached hydrogens (tertiary/aromatic N) is 1. The van der Waals surface area contributed by atoms with Gasteiger partial charge in [-0.25, -0.2) is 0 Å². The van der Waals surface area contributed by atoms with Gasteiger partial charge < -0.3 is 5.11 Å². The number of carbonyl (C=O) groups is 1. The largest absolute Gasteiger partial charge is 0.481 e. The van der Waals surface area contributed by atoms with Crippen LogP contribution < -0.4 is 0 Å². The molecule has 0 unspecified atom stereocenters. The Morgan fingerprint density at radius 3 is 1.70 bits per heavy atom. The molecule has 116 valence electrons. The van der Waals surface area contributed by atoms with Crippen LogP contribution in [0.2, 0.25) is 0 Å². The minimum Gasteiger partial charge on any atom is -0.481 e. The average molecular weight is 281 g/mol. The molecule has 3 heteroatoms. The molecule has 0 aromatic carbocycles. The summed E-state index contributed by atoms with van der Waals surface area (Å²) in [5.41, 5.74) is -0.630. The topological polar surface area (TPSA) is 40.5 Å². The molecular weight excluding hydrogens is 250 g/mol. The van der Waals surface area contributed by atoms with Gasteiger partial charge in [-0.1, -0.05) is 38.5 Å². The Balaban J connectivity index is 2.07. The van der Waals surface area contributed by atoms with E-state index in [1.54, 1.807) is 0 Å². The Kier molecular flexibility index (Phi) is 5.48. The Morgan fingerprint density at radius 1 is 0.950 bits per heavy atom. The second-order valence-electron chi connectivity index (χ2n) is 7.45. The predicted octanol–water partition coefficient (Wildman–Crippen LogP) is 4.06. The highest BCUT2D eigenvalue weighted by molar-refractivity contribution is 5.73. The van der Waals surface area contributed by atoms with E-state index < -0.39 is 11.4 Å². The number of carboxylic acids is 1. The maximum absolute atomic E-state index is 11.5. The summed E-state index contributed by atoms with van der Waals surface area (Å²) >= 11 is 0. The lowest BCUT2D eigenvalue weighted by Crippen LogP contribution is -2.50. The molecule has 2 saturated carbocycles. The standard InChI is InChI=1S/C17H31NO2/c1-17(2,16(19)20)13-18(14-9-5-3-6-10-14)15-11-7-4-8-12-15/h14-15H,3-13H2,1-2H3,(H,19,20). The van der Waals surface area contributed by atoms with Gasteiger partial charge in [0.05, 0.1) is 5.41 Å². The normalized spacial score (nSPS) is 23.1. The van der Waals surface area contributed by atoms with Crippen LogP contribution in [0.5, 0.6) is 0 Å². The first-order valence-corrected chi connectivity index (χ1v) is 8.50. The zero-order valence-corrected chi connectivity index (χ0v) is 13.2. The number of rotatable bonds is 5. The lowest BCUT2D eigenvalue weighted by atomic mass is 9.85. The monoisotopic (exact) mass is 281 g/mol. The van der Waals surface area contributed by atoms with Gasteiger partial charge in [0.15, 0.2) is 0 Å². The molecule has 0 atom stereocenters. The Hall–Kier alpha value is -0.570. The summed E-state index contributed by atoms with van der Waals surface area (Å²) in [6.45, 7) is 4.49. The van der Waals surface area contributed by atoms with Crippen LogP contribution in [0.4, 0.5) is 0 Å². The van der Waals surface area contributed by atoms with Gasteiger partial charge in [-0.3, -0.25) is 9.69 Å². The fourth-order valence-electron chi connectivity index (χ4n) is 3.91. The van der Waals surface area contributed by atoms with E-state index in [0.29, 0.717) is 12.1 Å². The van der Waals surface area contributed by atoms with Crippen molar-refractivity contribution in [3.05, 3.63) is 0 Å². The fraction of sp³-hybridized carbons (Fsp3) is 0.941.